The van der Waals surface area contributed by atoms with E-state index in [1.54, 1.807) is 11.8 Å². The monoisotopic (exact) mass is 530 g/mol. The van der Waals surface area contributed by atoms with Gasteiger partial charge in [-0.1, -0.05) is 0 Å². The lowest BCUT2D eigenvalue weighted by Crippen LogP contribution is -2.42. The second-order valence-electron chi connectivity index (χ2n) is 8.98. The minimum Gasteiger partial charge on any atom is -0.450 e. The summed E-state index contributed by atoms with van der Waals surface area (Å²) in [7, 11) is 0. The van der Waals surface area contributed by atoms with Crippen molar-refractivity contribution in [3.63, 3.8) is 0 Å². The number of hydrogen-bond acceptors (Lipinski definition) is 7. The van der Waals surface area contributed by atoms with Crippen LogP contribution in [0.5, 0.6) is 0 Å². The third kappa shape index (κ3) is 4.90. The predicted octanol–water partition coefficient (Wildman–Crippen LogP) is 2.16. The van der Waals surface area contributed by atoms with E-state index in [-0.39, 0.29) is 37.4 Å². The number of benzene rings is 1. The maximum absolute atomic E-state index is 13.7. The van der Waals surface area contributed by atoms with Crippen molar-refractivity contribution in [3.05, 3.63) is 61.4 Å². The average molecular weight is 531 g/mol. The maximum Gasteiger partial charge on any atom is 0.410 e. The Morgan fingerprint density at radius 2 is 2.03 bits per heavy atom. The molecule has 12 heteroatoms. The average Bonchev–Trinajstić information content (AvgIpc) is 3.54. The molecule has 5 rings (SSSR count). The fourth-order valence-electron chi connectivity index (χ4n) is 4.77. The lowest BCUT2D eigenvalue weighted by Gasteiger charge is -2.25. The Hall–Kier alpha value is -3.51. The number of carbonyl (C=O) groups is 2. The zero-order valence-electron chi connectivity index (χ0n) is 20.3. The van der Waals surface area contributed by atoms with E-state index >= 15 is 0 Å². The molecule has 1 N–H and O–H groups in total. The zero-order chi connectivity index (χ0) is 26.1. The summed E-state index contributed by atoms with van der Waals surface area (Å²) in [5.41, 5.74) is -0.285. The fraction of sp³-hybridized carbons (Fsp3) is 0.440. The van der Waals surface area contributed by atoms with Crippen molar-refractivity contribution in [1.82, 2.24) is 19.4 Å². The molecule has 0 aliphatic carbocycles. The van der Waals surface area contributed by atoms with Crippen LogP contribution in [0.15, 0.2) is 33.9 Å². The number of halogens is 1. The first-order chi connectivity index (χ1) is 17.9. The molecule has 37 heavy (non-hydrogen) atoms. The Kier molecular flexibility index (Phi) is 7.11. The van der Waals surface area contributed by atoms with E-state index in [2.05, 4.69) is 5.32 Å². The highest BCUT2D eigenvalue weighted by atomic mass is 32.1. The molecule has 1 atom stereocenters. The largest absolute Gasteiger partial charge is 0.450 e. The molecule has 1 unspecified atom stereocenters. The van der Waals surface area contributed by atoms with Crippen LogP contribution < -0.4 is 16.6 Å². The van der Waals surface area contributed by atoms with Gasteiger partial charge in [0.25, 0.3) is 5.56 Å². The number of hydrogen-bond donors (Lipinski definition) is 1. The molecule has 2 amide bonds. The highest BCUT2D eigenvalue weighted by Gasteiger charge is 2.29. The van der Waals surface area contributed by atoms with Gasteiger partial charge >= 0.3 is 11.8 Å². The fourth-order valence-corrected chi connectivity index (χ4v) is 6.11. The maximum atomic E-state index is 13.7. The van der Waals surface area contributed by atoms with Crippen LogP contribution >= 0.6 is 11.3 Å². The quantitative estimate of drug-likeness (QED) is 0.523. The summed E-state index contributed by atoms with van der Waals surface area (Å²) in [5, 5.41) is 3.15. The van der Waals surface area contributed by atoms with E-state index in [0.717, 1.165) is 27.8 Å². The second-order valence-corrected chi connectivity index (χ2v) is 10.1. The van der Waals surface area contributed by atoms with E-state index < -0.39 is 23.2 Å². The van der Waals surface area contributed by atoms with Crippen LogP contribution in [0.25, 0.3) is 15.9 Å². The third-order valence-corrected chi connectivity index (χ3v) is 7.83. The van der Waals surface area contributed by atoms with Crippen molar-refractivity contribution >= 4 is 33.6 Å². The number of ether oxygens (including phenoxy) is 2. The second kappa shape index (κ2) is 10.5. The summed E-state index contributed by atoms with van der Waals surface area (Å²) < 4.78 is 26.5. The van der Waals surface area contributed by atoms with Crippen molar-refractivity contribution in [3.8, 4) is 5.69 Å². The van der Waals surface area contributed by atoms with Gasteiger partial charge in [-0.05, 0) is 56.0 Å². The van der Waals surface area contributed by atoms with Crippen LogP contribution in [-0.4, -0.2) is 58.4 Å². The van der Waals surface area contributed by atoms with Crippen molar-refractivity contribution in [1.29, 1.82) is 0 Å². The first kappa shape index (κ1) is 25.2. The number of nitrogens with zero attached hydrogens (tertiary/aromatic N) is 3. The lowest BCUT2D eigenvalue weighted by molar-refractivity contribution is -0.122. The molecule has 1 aromatic carbocycles. The molecule has 2 aliphatic heterocycles. The normalized spacial score (nSPS) is 17.1. The van der Waals surface area contributed by atoms with Gasteiger partial charge in [-0.15, -0.1) is 11.3 Å². The molecule has 1 saturated heterocycles. The van der Waals surface area contributed by atoms with Gasteiger partial charge in [0, 0.05) is 24.6 Å². The van der Waals surface area contributed by atoms with Gasteiger partial charge in [-0.3, -0.25) is 14.2 Å². The summed E-state index contributed by atoms with van der Waals surface area (Å²) in [6, 6.07) is 5.05. The topological polar surface area (TPSA) is 112 Å². The molecule has 2 aromatic heterocycles. The minimum absolute atomic E-state index is 0.0585. The van der Waals surface area contributed by atoms with Gasteiger partial charge in [0.2, 0.25) is 5.91 Å². The molecule has 10 nitrogen and oxygen atoms in total. The molecule has 1 fully saturated rings. The lowest BCUT2D eigenvalue weighted by atomic mass is 10.1. The third-order valence-electron chi connectivity index (χ3n) is 6.59. The van der Waals surface area contributed by atoms with E-state index in [1.165, 1.54) is 40.2 Å². The van der Waals surface area contributed by atoms with Crippen LogP contribution in [0.1, 0.15) is 30.2 Å². The summed E-state index contributed by atoms with van der Waals surface area (Å²) in [6.07, 6.45) is 1.69. The molecule has 0 saturated carbocycles. The molecule has 0 radical (unpaired) electrons. The van der Waals surface area contributed by atoms with Crippen LogP contribution in [0, 0.1) is 5.82 Å². The van der Waals surface area contributed by atoms with Gasteiger partial charge in [-0.2, -0.15) is 0 Å². The summed E-state index contributed by atoms with van der Waals surface area (Å²) >= 11 is 1.22. The Morgan fingerprint density at radius 1 is 1.24 bits per heavy atom. The van der Waals surface area contributed by atoms with E-state index in [9.17, 15) is 23.6 Å². The summed E-state index contributed by atoms with van der Waals surface area (Å²) in [6.45, 7) is 3.27. The van der Waals surface area contributed by atoms with Gasteiger partial charge in [0.05, 0.1) is 30.3 Å². The molecule has 0 bridgehead atoms. The van der Waals surface area contributed by atoms with Crippen LogP contribution in [0.3, 0.4) is 0 Å². The van der Waals surface area contributed by atoms with E-state index in [0.29, 0.717) is 36.3 Å². The van der Waals surface area contributed by atoms with Gasteiger partial charge < -0.3 is 19.7 Å². The first-order valence-electron chi connectivity index (χ1n) is 12.2. The van der Waals surface area contributed by atoms with Crippen molar-refractivity contribution in [2.45, 2.75) is 45.4 Å². The minimum atomic E-state index is -0.697. The highest BCUT2D eigenvalue weighted by Crippen LogP contribution is 2.33. The van der Waals surface area contributed by atoms with Crippen molar-refractivity contribution < 1.29 is 23.5 Å². The van der Waals surface area contributed by atoms with Crippen LogP contribution in [0.2, 0.25) is 0 Å². The number of thiophene rings is 1. The summed E-state index contributed by atoms with van der Waals surface area (Å²) in [4.78, 5) is 55.1. The SMILES string of the molecule is CCOC(=O)N1CCc2c(sc3c2c(=O)n(-c2ccc(F)cc2)c(=O)n3CC(=O)NCC2CCCO2)C1. The van der Waals surface area contributed by atoms with Crippen molar-refractivity contribution in [2.24, 2.45) is 0 Å². The number of aromatic nitrogens is 2. The Bertz CT molecular complexity index is 1460. The van der Waals surface area contributed by atoms with Gasteiger partial charge in [0.15, 0.2) is 0 Å². The molecule has 2 aliphatic rings. The van der Waals surface area contributed by atoms with Crippen LogP contribution in [-0.2, 0) is 33.8 Å². The Morgan fingerprint density at radius 3 is 2.73 bits per heavy atom. The highest BCUT2D eigenvalue weighted by molar-refractivity contribution is 7.18. The number of carbonyl (C=O) groups excluding carboxylic acids is 2. The zero-order valence-corrected chi connectivity index (χ0v) is 21.1. The molecular weight excluding hydrogens is 503 g/mol. The van der Waals surface area contributed by atoms with E-state index in [1.807, 2.05) is 0 Å². The Balaban J connectivity index is 1.58. The first-order valence-corrected chi connectivity index (χ1v) is 13.0. The number of rotatable bonds is 6. The van der Waals surface area contributed by atoms with Gasteiger partial charge in [0.1, 0.15) is 17.2 Å². The van der Waals surface area contributed by atoms with Gasteiger partial charge in [-0.25, -0.2) is 18.5 Å². The molecule has 4 heterocycles. The number of amides is 2. The summed E-state index contributed by atoms with van der Waals surface area (Å²) in [5.74, 6) is -0.888. The molecule has 0 spiro atoms. The number of fused-ring (bicyclic) bond motifs is 3. The van der Waals surface area contributed by atoms with E-state index in [4.69, 9.17) is 9.47 Å². The molecular formula is C25H27FN4O6S. The van der Waals surface area contributed by atoms with Crippen LogP contribution in [0.4, 0.5) is 9.18 Å². The standard InChI is InChI=1S/C25H27FN4O6S/c1-2-35-25(34)28-10-9-18-19(13-28)37-23-21(18)22(32)30(16-7-5-15(26)6-8-16)24(33)29(23)14-20(31)27-12-17-4-3-11-36-17/h5-8,17H,2-4,9-14H2,1H3,(H,27,31). The smallest absolute Gasteiger partial charge is 0.410 e. The predicted molar refractivity (Wildman–Crippen MR) is 135 cm³/mol. The molecule has 196 valence electrons. The number of nitrogens with one attached hydrogen (secondary N) is 1. The Labute approximate surface area is 215 Å². The molecule has 3 aromatic rings. The van der Waals surface area contributed by atoms with Crippen molar-refractivity contribution in [2.75, 3.05) is 26.3 Å².